The number of carbonyl (C=O) groups is 2. The highest BCUT2D eigenvalue weighted by molar-refractivity contribution is 5.81. The van der Waals surface area contributed by atoms with Gasteiger partial charge in [-0.15, -0.1) is 0 Å². The molecule has 148 valence electrons. The van der Waals surface area contributed by atoms with E-state index in [0.717, 1.165) is 22.4 Å². The first-order chi connectivity index (χ1) is 14.2. The second kappa shape index (κ2) is 10.7. The van der Waals surface area contributed by atoms with Crippen LogP contribution in [-0.2, 0) is 20.7 Å². The van der Waals surface area contributed by atoms with Crippen LogP contribution in [0.3, 0.4) is 0 Å². The summed E-state index contributed by atoms with van der Waals surface area (Å²) >= 11 is 0. The van der Waals surface area contributed by atoms with Crippen LogP contribution in [0.5, 0.6) is 5.75 Å². The minimum absolute atomic E-state index is 0.124. The molecular formula is C24H23NO4. The molecule has 3 aromatic carbocycles. The molecule has 5 heteroatoms. The first kappa shape index (κ1) is 20.1. The fraction of sp³-hybridized carbons (Fsp3) is 0.167. The molecule has 3 rings (SSSR count). The lowest BCUT2D eigenvalue weighted by Crippen LogP contribution is -2.32. The zero-order valence-corrected chi connectivity index (χ0v) is 16.0. The molecule has 1 amide bonds. The minimum Gasteiger partial charge on any atom is -0.492 e. The lowest BCUT2D eigenvalue weighted by molar-refractivity contribution is -0.147. The van der Waals surface area contributed by atoms with E-state index in [1.165, 1.54) is 0 Å². The number of carbonyl (C=O) groups excluding carboxylic acids is 2. The molecule has 0 aromatic heterocycles. The smallest absolute Gasteiger partial charge is 0.310 e. The molecule has 0 fully saturated rings. The van der Waals surface area contributed by atoms with Gasteiger partial charge >= 0.3 is 5.97 Å². The van der Waals surface area contributed by atoms with Crippen LogP contribution in [0, 0.1) is 0 Å². The standard InChI is InChI=1S/C24H23NO4/c26-23(25-15-16-28-22-9-5-2-6-10-22)18-29-24(27)17-19-11-13-21(14-12-19)20-7-3-1-4-8-20/h1-14H,15-18H2,(H,25,26). The van der Waals surface area contributed by atoms with Crippen LogP contribution in [0.4, 0.5) is 0 Å². The maximum atomic E-state index is 12.0. The Bertz CT molecular complexity index is 909. The summed E-state index contributed by atoms with van der Waals surface area (Å²) in [6, 6.07) is 27.1. The molecule has 0 aliphatic carbocycles. The quantitative estimate of drug-likeness (QED) is 0.448. The van der Waals surface area contributed by atoms with Gasteiger partial charge in [-0.3, -0.25) is 9.59 Å². The van der Waals surface area contributed by atoms with Crippen LogP contribution in [0.2, 0.25) is 0 Å². The molecule has 0 bridgehead atoms. The first-order valence-electron chi connectivity index (χ1n) is 9.45. The van der Waals surface area contributed by atoms with Gasteiger partial charge in [0.1, 0.15) is 12.4 Å². The van der Waals surface area contributed by atoms with Gasteiger partial charge in [0, 0.05) is 0 Å². The third-order valence-corrected chi connectivity index (χ3v) is 4.21. The largest absolute Gasteiger partial charge is 0.492 e. The predicted molar refractivity (Wildman–Crippen MR) is 111 cm³/mol. The number of esters is 1. The van der Waals surface area contributed by atoms with Gasteiger partial charge in [-0.05, 0) is 28.8 Å². The van der Waals surface area contributed by atoms with Crippen LogP contribution in [0.15, 0.2) is 84.9 Å². The summed E-state index contributed by atoms with van der Waals surface area (Å²) in [6.07, 6.45) is 0.124. The number of benzene rings is 3. The van der Waals surface area contributed by atoms with Crippen molar-refractivity contribution in [1.29, 1.82) is 0 Å². The van der Waals surface area contributed by atoms with Gasteiger partial charge in [0.05, 0.1) is 13.0 Å². The highest BCUT2D eigenvalue weighted by Crippen LogP contribution is 2.19. The van der Waals surface area contributed by atoms with E-state index < -0.39 is 5.97 Å². The predicted octanol–water partition coefficient (Wildman–Crippen LogP) is 3.63. The van der Waals surface area contributed by atoms with Gasteiger partial charge in [0.15, 0.2) is 6.61 Å². The molecule has 0 aliphatic heterocycles. The third kappa shape index (κ3) is 6.81. The summed E-state index contributed by atoms with van der Waals surface area (Å²) in [5, 5.41) is 2.66. The topological polar surface area (TPSA) is 64.6 Å². The molecule has 0 radical (unpaired) electrons. The average Bonchev–Trinajstić information content (AvgIpc) is 2.77. The highest BCUT2D eigenvalue weighted by Gasteiger charge is 2.09. The normalized spacial score (nSPS) is 10.2. The molecule has 0 spiro atoms. The van der Waals surface area contributed by atoms with E-state index in [-0.39, 0.29) is 18.9 Å². The summed E-state index contributed by atoms with van der Waals surface area (Å²) < 4.78 is 10.5. The number of para-hydroxylation sites is 1. The van der Waals surface area contributed by atoms with Crippen LogP contribution >= 0.6 is 0 Å². The Morgan fingerprint density at radius 3 is 2.07 bits per heavy atom. The zero-order valence-electron chi connectivity index (χ0n) is 16.0. The number of rotatable bonds is 9. The van der Waals surface area contributed by atoms with Crippen molar-refractivity contribution in [3.63, 3.8) is 0 Å². The third-order valence-electron chi connectivity index (χ3n) is 4.21. The Morgan fingerprint density at radius 1 is 0.759 bits per heavy atom. The molecule has 5 nitrogen and oxygen atoms in total. The van der Waals surface area contributed by atoms with Crippen LogP contribution in [0.1, 0.15) is 5.56 Å². The molecule has 0 aliphatic rings. The Labute approximate surface area is 170 Å². The summed E-state index contributed by atoms with van der Waals surface area (Å²) in [5.41, 5.74) is 3.04. The number of ether oxygens (including phenoxy) is 2. The van der Waals surface area contributed by atoms with Gasteiger partial charge in [-0.1, -0.05) is 72.8 Å². The molecule has 3 aromatic rings. The second-order valence-electron chi connectivity index (χ2n) is 6.41. The van der Waals surface area contributed by atoms with Crippen molar-refractivity contribution < 1.29 is 19.1 Å². The van der Waals surface area contributed by atoms with E-state index in [2.05, 4.69) is 5.32 Å². The van der Waals surface area contributed by atoms with Crippen LogP contribution < -0.4 is 10.1 Å². The molecule has 0 saturated carbocycles. The van der Waals surface area contributed by atoms with Crippen molar-refractivity contribution in [2.75, 3.05) is 19.8 Å². The van der Waals surface area contributed by atoms with E-state index in [9.17, 15) is 9.59 Å². The monoisotopic (exact) mass is 389 g/mol. The van der Waals surface area contributed by atoms with E-state index in [1.54, 1.807) is 0 Å². The van der Waals surface area contributed by atoms with Crippen molar-refractivity contribution in [3.05, 3.63) is 90.5 Å². The van der Waals surface area contributed by atoms with Gasteiger partial charge in [-0.25, -0.2) is 0 Å². The number of nitrogens with one attached hydrogen (secondary N) is 1. The number of hydrogen-bond donors (Lipinski definition) is 1. The maximum Gasteiger partial charge on any atom is 0.310 e. The summed E-state index contributed by atoms with van der Waals surface area (Å²) in [7, 11) is 0. The molecule has 0 atom stereocenters. The molecule has 29 heavy (non-hydrogen) atoms. The van der Waals surface area contributed by atoms with Gasteiger partial charge < -0.3 is 14.8 Å². The van der Waals surface area contributed by atoms with Crippen LogP contribution in [-0.4, -0.2) is 31.6 Å². The average molecular weight is 389 g/mol. The Morgan fingerprint density at radius 2 is 1.38 bits per heavy atom. The Kier molecular flexibility index (Phi) is 7.41. The minimum atomic E-state index is -0.437. The molecule has 1 N–H and O–H groups in total. The summed E-state index contributed by atoms with van der Waals surface area (Å²) in [6.45, 7) is 0.385. The van der Waals surface area contributed by atoms with Gasteiger partial charge in [-0.2, -0.15) is 0 Å². The van der Waals surface area contributed by atoms with Gasteiger partial charge in [0.2, 0.25) is 0 Å². The molecule has 0 unspecified atom stereocenters. The van der Waals surface area contributed by atoms with Crippen molar-refractivity contribution in [1.82, 2.24) is 5.32 Å². The van der Waals surface area contributed by atoms with Crippen LogP contribution in [0.25, 0.3) is 11.1 Å². The second-order valence-corrected chi connectivity index (χ2v) is 6.41. The van der Waals surface area contributed by atoms with E-state index in [0.29, 0.717) is 13.2 Å². The van der Waals surface area contributed by atoms with E-state index in [4.69, 9.17) is 9.47 Å². The van der Waals surface area contributed by atoms with Crippen molar-refractivity contribution in [2.24, 2.45) is 0 Å². The zero-order chi connectivity index (χ0) is 20.3. The molecular weight excluding hydrogens is 366 g/mol. The van der Waals surface area contributed by atoms with Crippen molar-refractivity contribution in [2.45, 2.75) is 6.42 Å². The maximum absolute atomic E-state index is 12.0. The van der Waals surface area contributed by atoms with Crippen molar-refractivity contribution in [3.8, 4) is 16.9 Å². The summed E-state index contributed by atoms with van der Waals surface area (Å²) in [5.74, 6) is -0.0472. The number of amides is 1. The lowest BCUT2D eigenvalue weighted by Gasteiger charge is -2.08. The lowest BCUT2D eigenvalue weighted by atomic mass is 10.0. The fourth-order valence-corrected chi connectivity index (χ4v) is 2.74. The van der Waals surface area contributed by atoms with Crippen molar-refractivity contribution >= 4 is 11.9 Å². The SMILES string of the molecule is O=C(COC(=O)Cc1ccc(-c2ccccc2)cc1)NCCOc1ccccc1. The first-order valence-corrected chi connectivity index (χ1v) is 9.45. The van der Waals surface area contributed by atoms with E-state index in [1.807, 2.05) is 84.9 Å². The molecule has 0 saturated heterocycles. The van der Waals surface area contributed by atoms with Gasteiger partial charge in [0.25, 0.3) is 5.91 Å². The Balaban J connectivity index is 1.34. The fourth-order valence-electron chi connectivity index (χ4n) is 2.74. The van der Waals surface area contributed by atoms with E-state index >= 15 is 0 Å². The molecule has 0 heterocycles. The number of hydrogen-bond acceptors (Lipinski definition) is 4. The highest BCUT2D eigenvalue weighted by atomic mass is 16.5. The summed E-state index contributed by atoms with van der Waals surface area (Å²) in [4.78, 5) is 23.7. The Hall–Kier alpha value is -3.60.